The Labute approximate surface area is 144 Å². The van der Waals surface area contributed by atoms with Crippen molar-refractivity contribution in [3.05, 3.63) is 53.3 Å². The number of rotatable bonds is 4. The molecule has 0 aliphatic rings. The Balaban J connectivity index is 1.70. The van der Waals surface area contributed by atoms with E-state index in [0.717, 1.165) is 29.1 Å². The summed E-state index contributed by atoms with van der Waals surface area (Å²) in [6.07, 6.45) is -4.53. The summed E-state index contributed by atoms with van der Waals surface area (Å²) >= 11 is 0. The van der Waals surface area contributed by atoms with E-state index in [0.29, 0.717) is 5.56 Å². The number of nitrogens with one attached hydrogen (secondary N) is 1. The first-order valence-electron chi connectivity index (χ1n) is 7.36. The number of aromatic nitrogens is 3. The van der Waals surface area contributed by atoms with Crippen molar-refractivity contribution in [2.45, 2.75) is 13.1 Å². The summed E-state index contributed by atoms with van der Waals surface area (Å²) in [5, 5.41) is 9.64. The van der Waals surface area contributed by atoms with Crippen molar-refractivity contribution in [2.75, 3.05) is 11.9 Å². The van der Waals surface area contributed by atoms with Gasteiger partial charge >= 0.3 is 6.18 Å². The first kappa shape index (κ1) is 17.6. The molecule has 0 atom stereocenters. The maximum absolute atomic E-state index is 13.5. The normalized spacial score (nSPS) is 11.6. The van der Waals surface area contributed by atoms with Crippen LogP contribution in [0.1, 0.15) is 11.1 Å². The van der Waals surface area contributed by atoms with Crippen molar-refractivity contribution in [3.8, 4) is 0 Å². The molecule has 1 N–H and O–H groups in total. The van der Waals surface area contributed by atoms with Gasteiger partial charge in [-0.2, -0.15) is 13.2 Å². The van der Waals surface area contributed by atoms with Gasteiger partial charge in [0.25, 0.3) is 5.91 Å². The molecule has 10 heteroatoms. The van der Waals surface area contributed by atoms with Crippen molar-refractivity contribution in [3.63, 3.8) is 0 Å². The summed E-state index contributed by atoms with van der Waals surface area (Å²) in [6.45, 7) is 1.03. The molecule has 3 rings (SSSR count). The second kappa shape index (κ2) is 6.62. The molecular formula is C16H12F4N4O2. The number of hydrogen-bond donors (Lipinski definition) is 1. The van der Waals surface area contributed by atoms with E-state index < -0.39 is 30.1 Å². The summed E-state index contributed by atoms with van der Waals surface area (Å²) in [6, 6.07) is 7.00. The van der Waals surface area contributed by atoms with Crippen molar-refractivity contribution in [1.82, 2.24) is 15.2 Å². The van der Waals surface area contributed by atoms with Crippen LogP contribution in [-0.4, -0.2) is 27.7 Å². The highest BCUT2D eigenvalue weighted by Crippen LogP contribution is 2.30. The number of alkyl halides is 3. The van der Waals surface area contributed by atoms with Gasteiger partial charge in [0.1, 0.15) is 16.9 Å². The summed E-state index contributed by atoms with van der Waals surface area (Å²) in [7, 11) is 0. The van der Waals surface area contributed by atoms with E-state index in [4.69, 9.17) is 4.84 Å². The molecule has 0 saturated heterocycles. The molecular weight excluding hydrogens is 356 g/mol. The number of nitrogens with zero attached hydrogens (tertiary/aromatic N) is 3. The maximum atomic E-state index is 13.5. The molecule has 1 amide bonds. The Morgan fingerprint density at radius 2 is 2.00 bits per heavy atom. The van der Waals surface area contributed by atoms with Gasteiger partial charge in [-0.3, -0.25) is 4.79 Å². The molecule has 0 aliphatic heterocycles. The Morgan fingerprint density at radius 3 is 2.69 bits per heavy atom. The largest absolute Gasteiger partial charge is 0.416 e. The maximum Gasteiger partial charge on any atom is 0.416 e. The van der Waals surface area contributed by atoms with Crippen LogP contribution in [0.4, 0.5) is 23.2 Å². The van der Waals surface area contributed by atoms with Crippen LogP contribution in [0.3, 0.4) is 0 Å². The van der Waals surface area contributed by atoms with Gasteiger partial charge in [-0.1, -0.05) is 10.9 Å². The number of fused-ring (bicyclic) bond motifs is 1. The van der Waals surface area contributed by atoms with Gasteiger partial charge in [-0.15, -0.1) is 5.10 Å². The second-order valence-corrected chi connectivity index (χ2v) is 5.45. The number of carbonyl (C=O) groups excluding carboxylic acids is 1. The minimum absolute atomic E-state index is 0.0333. The zero-order valence-electron chi connectivity index (χ0n) is 13.3. The number of amides is 1. The van der Waals surface area contributed by atoms with Gasteiger partial charge in [-0.25, -0.2) is 4.39 Å². The highest BCUT2D eigenvalue weighted by atomic mass is 19.4. The quantitative estimate of drug-likeness (QED) is 0.719. The molecule has 0 bridgehead atoms. The Bertz CT molecular complexity index is 969. The zero-order chi connectivity index (χ0) is 18.9. The van der Waals surface area contributed by atoms with E-state index >= 15 is 0 Å². The summed E-state index contributed by atoms with van der Waals surface area (Å²) < 4.78 is 51.8. The number of aryl methyl sites for hydroxylation is 1. The minimum atomic E-state index is -4.53. The van der Waals surface area contributed by atoms with Crippen LogP contribution in [0.5, 0.6) is 0 Å². The van der Waals surface area contributed by atoms with Gasteiger partial charge in [0.15, 0.2) is 6.61 Å². The van der Waals surface area contributed by atoms with E-state index in [2.05, 4.69) is 15.6 Å². The average molecular weight is 368 g/mol. The van der Waals surface area contributed by atoms with Crippen molar-refractivity contribution >= 4 is 22.6 Å². The van der Waals surface area contributed by atoms with Gasteiger partial charge in [0.2, 0.25) is 0 Å². The van der Waals surface area contributed by atoms with Gasteiger partial charge in [-0.05, 0) is 48.0 Å². The number of anilines is 1. The third kappa shape index (κ3) is 3.73. The van der Waals surface area contributed by atoms with Crippen molar-refractivity contribution in [1.29, 1.82) is 0 Å². The highest BCUT2D eigenvalue weighted by molar-refractivity contribution is 5.91. The third-order valence-electron chi connectivity index (χ3n) is 3.52. The zero-order valence-corrected chi connectivity index (χ0v) is 13.3. The lowest BCUT2D eigenvalue weighted by molar-refractivity contribution is -0.137. The lowest BCUT2D eigenvalue weighted by Gasteiger charge is -2.09. The minimum Gasteiger partial charge on any atom is -0.385 e. The number of halogens is 4. The predicted octanol–water partition coefficient (Wildman–Crippen LogP) is 2.96. The Morgan fingerprint density at radius 1 is 1.23 bits per heavy atom. The molecule has 0 aliphatic carbocycles. The smallest absolute Gasteiger partial charge is 0.385 e. The number of benzene rings is 2. The molecule has 0 fully saturated rings. The van der Waals surface area contributed by atoms with Crippen molar-refractivity contribution < 1.29 is 27.2 Å². The van der Waals surface area contributed by atoms with E-state index in [1.807, 2.05) is 0 Å². The monoisotopic (exact) mass is 368 g/mol. The molecule has 26 heavy (non-hydrogen) atoms. The molecule has 1 aromatic heterocycles. The van der Waals surface area contributed by atoms with E-state index in [1.54, 1.807) is 6.92 Å². The summed E-state index contributed by atoms with van der Waals surface area (Å²) in [5.74, 6) is -1.12. The topological polar surface area (TPSA) is 69.0 Å². The summed E-state index contributed by atoms with van der Waals surface area (Å²) in [5.41, 5.74) is -0.0944. The highest BCUT2D eigenvalue weighted by Gasteiger charge is 2.31. The number of carbonyl (C=O) groups is 1. The second-order valence-electron chi connectivity index (χ2n) is 5.45. The molecule has 0 spiro atoms. The van der Waals surface area contributed by atoms with E-state index in [1.165, 1.54) is 12.1 Å². The summed E-state index contributed by atoms with van der Waals surface area (Å²) in [4.78, 5) is 17.7. The van der Waals surface area contributed by atoms with Gasteiger partial charge in [0.05, 0.1) is 5.56 Å². The Kier molecular flexibility index (Phi) is 4.49. The van der Waals surface area contributed by atoms with Gasteiger partial charge < -0.3 is 10.2 Å². The predicted molar refractivity (Wildman–Crippen MR) is 83.7 cm³/mol. The SMILES string of the molecule is Cc1ccc(NC(=O)COn2nnc3ccc(C(F)(F)F)cc32)cc1F. The molecule has 0 radical (unpaired) electrons. The molecule has 1 heterocycles. The first-order valence-corrected chi connectivity index (χ1v) is 7.36. The van der Waals surface area contributed by atoms with Crippen LogP contribution < -0.4 is 10.2 Å². The van der Waals surface area contributed by atoms with Crippen molar-refractivity contribution in [2.24, 2.45) is 0 Å². The fourth-order valence-electron chi connectivity index (χ4n) is 2.16. The fraction of sp³-hybridized carbons (Fsp3) is 0.188. The lowest BCUT2D eigenvalue weighted by atomic mass is 10.2. The lowest BCUT2D eigenvalue weighted by Crippen LogP contribution is -2.26. The molecule has 2 aromatic carbocycles. The van der Waals surface area contributed by atoms with Crippen LogP contribution in [0.2, 0.25) is 0 Å². The molecule has 3 aromatic rings. The van der Waals surface area contributed by atoms with Crippen LogP contribution >= 0.6 is 0 Å². The Hall–Kier alpha value is -3.17. The van der Waals surface area contributed by atoms with Gasteiger partial charge in [0, 0.05) is 5.69 Å². The standard InChI is InChI=1S/C16H12F4N4O2/c1-9-2-4-11(7-12(9)17)21-15(25)8-26-24-14-6-10(16(18,19)20)3-5-13(14)22-23-24/h2-7H,8H2,1H3,(H,21,25). The van der Waals surface area contributed by atoms with E-state index in [9.17, 15) is 22.4 Å². The van der Waals surface area contributed by atoms with Crippen LogP contribution in [0.15, 0.2) is 36.4 Å². The molecule has 6 nitrogen and oxygen atoms in total. The third-order valence-corrected chi connectivity index (χ3v) is 3.52. The molecule has 0 saturated carbocycles. The van der Waals surface area contributed by atoms with Crippen LogP contribution in [-0.2, 0) is 11.0 Å². The van der Waals surface area contributed by atoms with E-state index in [-0.39, 0.29) is 16.7 Å². The van der Waals surface area contributed by atoms with Crippen LogP contribution in [0.25, 0.3) is 11.0 Å². The number of hydrogen-bond acceptors (Lipinski definition) is 4. The first-order chi connectivity index (χ1) is 12.2. The van der Waals surface area contributed by atoms with Crippen LogP contribution in [0, 0.1) is 12.7 Å². The average Bonchev–Trinajstić information content (AvgIpc) is 2.98. The fourth-order valence-corrected chi connectivity index (χ4v) is 2.16. The molecule has 0 unspecified atom stereocenters. The molecule has 136 valence electrons.